The van der Waals surface area contributed by atoms with Gasteiger partial charge >= 0.3 is 0 Å². The second-order valence-electron chi connectivity index (χ2n) is 7.43. The highest BCUT2D eigenvalue weighted by molar-refractivity contribution is 7.99. The molecular formula is C20H31N3OS. The van der Waals surface area contributed by atoms with Gasteiger partial charge in [0.2, 0.25) is 5.91 Å². The minimum Gasteiger partial charge on any atom is -0.352 e. The number of nitrogens with zero attached hydrogens (tertiary/aromatic N) is 2. The van der Waals surface area contributed by atoms with Gasteiger partial charge in [0.05, 0.1) is 6.04 Å². The molecule has 2 fully saturated rings. The van der Waals surface area contributed by atoms with Crippen molar-refractivity contribution in [2.75, 3.05) is 38.5 Å². The number of nitrogens with one attached hydrogen (secondary N) is 1. The zero-order valence-electron chi connectivity index (χ0n) is 15.8. The van der Waals surface area contributed by atoms with Gasteiger partial charge in [0.1, 0.15) is 0 Å². The Bertz CT molecular complexity index is 595. The molecule has 138 valence electrons. The molecule has 1 saturated carbocycles. The van der Waals surface area contributed by atoms with Crippen LogP contribution in [0.25, 0.3) is 0 Å². The van der Waals surface area contributed by atoms with E-state index in [0.717, 1.165) is 51.3 Å². The van der Waals surface area contributed by atoms with Crippen molar-refractivity contribution < 1.29 is 4.79 Å². The first-order valence-corrected chi connectivity index (χ1v) is 10.5. The Balaban J connectivity index is 1.35. The molecule has 1 heterocycles. The van der Waals surface area contributed by atoms with Gasteiger partial charge in [-0.3, -0.25) is 14.6 Å². The van der Waals surface area contributed by atoms with Crippen LogP contribution in [0.15, 0.2) is 23.1 Å². The van der Waals surface area contributed by atoms with Crippen molar-refractivity contribution in [3.63, 3.8) is 0 Å². The number of carbonyl (C=O) groups excluding carboxylic acids is 1. The molecule has 1 saturated heterocycles. The van der Waals surface area contributed by atoms with Crippen molar-refractivity contribution in [1.29, 1.82) is 0 Å². The van der Waals surface area contributed by atoms with E-state index in [1.807, 2.05) is 18.7 Å². The van der Waals surface area contributed by atoms with Crippen LogP contribution >= 0.6 is 11.8 Å². The van der Waals surface area contributed by atoms with E-state index in [4.69, 9.17) is 0 Å². The van der Waals surface area contributed by atoms with E-state index in [2.05, 4.69) is 47.2 Å². The van der Waals surface area contributed by atoms with Crippen LogP contribution in [-0.2, 0) is 4.79 Å². The highest BCUT2D eigenvalue weighted by atomic mass is 32.2. The standard InChI is InChI=1S/C20H31N3OS/c1-15-4-7-19(14-16(15)2)25-13-12-22-8-10-23(11-9-22)17(3)20(24)21-18-5-6-18/h4,7,14,17-18H,5-6,8-13H2,1-3H3,(H,21,24). The monoisotopic (exact) mass is 361 g/mol. The fourth-order valence-corrected chi connectivity index (χ4v) is 4.20. The first kappa shape index (κ1) is 18.7. The highest BCUT2D eigenvalue weighted by Gasteiger charge is 2.29. The van der Waals surface area contributed by atoms with E-state index >= 15 is 0 Å². The van der Waals surface area contributed by atoms with Crippen LogP contribution in [0, 0.1) is 13.8 Å². The molecule has 1 unspecified atom stereocenters. The first-order chi connectivity index (χ1) is 12.0. The summed E-state index contributed by atoms with van der Waals surface area (Å²) in [5.74, 6) is 1.33. The molecule has 0 radical (unpaired) electrons. The zero-order valence-corrected chi connectivity index (χ0v) is 16.6. The van der Waals surface area contributed by atoms with Crippen LogP contribution in [0.3, 0.4) is 0 Å². The Labute approximate surface area is 156 Å². The number of piperazine rings is 1. The lowest BCUT2D eigenvalue weighted by Crippen LogP contribution is -2.54. The predicted octanol–water partition coefficient (Wildman–Crippen LogP) is 2.68. The highest BCUT2D eigenvalue weighted by Crippen LogP contribution is 2.22. The summed E-state index contributed by atoms with van der Waals surface area (Å²) in [6.07, 6.45) is 2.31. The van der Waals surface area contributed by atoms with Gasteiger partial charge in [-0.25, -0.2) is 0 Å². The molecule has 1 aliphatic heterocycles. The summed E-state index contributed by atoms with van der Waals surface area (Å²) in [5, 5.41) is 3.13. The number of carbonyl (C=O) groups is 1. The molecule has 4 nitrogen and oxygen atoms in total. The molecule has 5 heteroatoms. The predicted molar refractivity (Wildman–Crippen MR) is 105 cm³/mol. The lowest BCUT2D eigenvalue weighted by molar-refractivity contribution is -0.126. The number of hydrogen-bond donors (Lipinski definition) is 1. The number of thioether (sulfide) groups is 1. The van der Waals surface area contributed by atoms with Gasteiger partial charge in [-0.1, -0.05) is 6.07 Å². The van der Waals surface area contributed by atoms with E-state index in [1.54, 1.807) is 0 Å². The summed E-state index contributed by atoms with van der Waals surface area (Å²) >= 11 is 1.94. The van der Waals surface area contributed by atoms with E-state index in [0.29, 0.717) is 6.04 Å². The Hall–Kier alpha value is -1.04. The van der Waals surface area contributed by atoms with Gasteiger partial charge in [-0.05, 0) is 56.9 Å². The van der Waals surface area contributed by atoms with E-state index < -0.39 is 0 Å². The summed E-state index contributed by atoms with van der Waals surface area (Å²) in [4.78, 5) is 18.4. The van der Waals surface area contributed by atoms with Gasteiger partial charge in [-0.15, -0.1) is 11.8 Å². The molecule has 1 aliphatic carbocycles. The first-order valence-electron chi connectivity index (χ1n) is 9.50. The van der Waals surface area contributed by atoms with Gasteiger partial charge in [0.15, 0.2) is 0 Å². The zero-order chi connectivity index (χ0) is 17.8. The molecule has 1 aromatic rings. The van der Waals surface area contributed by atoms with Crippen molar-refractivity contribution in [3.8, 4) is 0 Å². The topological polar surface area (TPSA) is 35.6 Å². The van der Waals surface area contributed by atoms with Crippen LogP contribution in [0.1, 0.15) is 30.9 Å². The maximum absolute atomic E-state index is 12.2. The average molecular weight is 362 g/mol. The third-order valence-corrected chi connectivity index (χ3v) is 6.39. The smallest absolute Gasteiger partial charge is 0.237 e. The third kappa shape index (κ3) is 5.47. The summed E-state index contributed by atoms with van der Waals surface area (Å²) in [6.45, 7) is 11.6. The minimum atomic E-state index is 0.00709. The maximum Gasteiger partial charge on any atom is 0.237 e. The van der Waals surface area contributed by atoms with Gasteiger partial charge in [0, 0.05) is 49.4 Å². The van der Waals surface area contributed by atoms with Crippen LogP contribution in [0.4, 0.5) is 0 Å². The molecule has 1 N–H and O–H groups in total. The Morgan fingerprint density at radius 1 is 1.20 bits per heavy atom. The number of benzene rings is 1. The Morgan fingerprint density at radius 3 is 2.56 bits per heavy atom. The van der Waals surface area contributed by atoms with Crippen molar-refractivity contribution in [1.82, 2.24) is 15.1 Å². The normalized spacial score (nSPS) is 20.4. The summed E-state index contributed by atoms with van der Waals surface area (Å²) in [5.41, 5.74) is 2.73. The number of amides is 1. The fraction of sp³-hybridized carbons (Fsp3) is 0.650. The van der Waals surface area contributed by atoms with E-state index in [-0.39, 0.29) is 11.9 Å². The van der Waals surface area contributed by atoms with Crippen molar-refractivity contribution >= 4 is 17.7 Å². The van der Waals surface area contributed by atoms with E-state index in [1.165, 1.54) is 16.0 Å². The molecule has 1 aromatic carbocycles. The fourth-order valence-electron chi connectivity index (χ4n) is 3.19. The molecular weight excluding hydrogens is 330 g/mol. The summed E-state index contributed by atoms with van der Waals surface area (Å²) < 4.78 is 0. The molecule has 2 aliphatic rings. The minimum absolute atomic E-state index is 0.00709. The second kappa shape index (κ2) is 8.56. The van der Waals surface area contributed by atoms with Crippen molar-refractivity contribution in [2.45, 2.75) is 50.6 Å². The lowest BCUT2D eigenvalue weighted by atomic mass is 10.1. The number of aryl methyl sites for hydroxylation is 2. The Kier molecular flexibility index (Phi) is 6.42. The molecule has 0 bridgehead atoms. The third-order valence-electron chi connectivity index (χ3n) is 5.41. The van der Waals surface area contributed by atoms with E-state index in [9.17, 15) is 4.79 Å². The quantitative estimate of drug-likeness (QED) is 0.758. The van der Waals surface area contributed by atoms with Gasteiger partial charge < -0.3 is 5.32 Å². The maximum atomic E-state index is 12.2. The molecule has 1 atom stereocenters. The van der Waals surface area contributed by atoms with Gasteiger partial charge in [-0.2, -0.15) is 0 Å². The van der Waals surface area contributed by atoms with Crippen LogP contribution in [-0.4, -0.2) is 66.3 Å². The average Bonchev–Trinajstić information content (AvgIpc) is 3.42. The largest absolute Gasteiger partial charge is 0.352 e. The second-order valence-corrected chi connectivity index (χ2v) is 8.60. The van der Waals surface area contributed by atoms with Crippen LogP contribution in [0.2, 0.25) is 0 Å². The van der Waals surface area contributed by atoms with Crippen LogP contribution < -0.4 is 5.32 Å². The molecule has 1 amide bonds. The molecule has 0 spiro atoms. The lowest BCUT2D eigenvalue weighted by Gasteiger charge is -2.37. The van der Waals surface area contributed by atoms with Crippen molar-refractivity contribution in [3.05, 3.63) is 29.3 Å². The van der Waals surface area contributed by atoms with Crippen LogP contribution in [0.5, 0.6) is 0 Å². The van der Waals surface area contributed by atoms with Gasteiger partial charge in [0.25, 0.3) is 0 Å². The molecule has 0 aromatic heterocycles. The van der Waals surface area contributed by atoms with Crippen molar-refractivity contribution in [2.24, 2.45) is 0 Å². The summed E-state index contributed by atoms with van der Waals surface area (Å²) in [7, 11) is 0. The molecule has 3 rings (SSSR count). The number of hydrogen-bond acceptors (Lipinski definition) is 4. The number of rotatable bonds is 7. The SMILES string of the molecule is Cc1ccc(SCCN2CCN(C(C)C(=O)NC3CC3)CC2)cc1C. The Morgan fingerprint density at radius 2 is 1.92 bits per heavy atom. The molecule has 25 heavy (non-hydrogen) atoms. The summed E-state index contributed by atoms with van der Waals surface area (Å²) in [6, 6.07) is 7.19.